The van der Waals surface area contributed by atoms with Gasteiger partial charge in [0.05, 0.1) is 19.2 Å². The number of carbonyl (C=O) groups is 2. The normalized spacial score (nSPS) is 9.28. The highest BCUT2D eigenvalue weighted by Crippen LogP contribution is 2.15. The van der Waals surface area contributed by atoms with Gasteiger partial charge in [0.2, 0.25) is 5.91 Å². The monoisotopic (exact) mass is 272 g/mol. The van der Waals surface area contributed by atoms with E-state index in [0.29, 0.717) is 11.3 Å². The molecule has 6 heteroatoms. The molecule has 5 nitrogen and oxygen atoms in total. The molecule has 0 bridgehead atoms. The molecule has 0 aromatic heterocycles. The van der Waals surface area contributed by atoms with Gasteiger partial charge in [-0.2, -0.15) is 0 Å². The second kappa shape index (κ2) is 7.68. The van der Waals surface area contributed by atoms with Crippen molar-refractivity contribution >= 4 is 30.0 Å². The average molecular weight is 273 g/mol. The van der Waals surface area contributed by atoms with Gasteiger partial charge < -0.3 is 15.4 Å². The molecule has 0 radical (unpaired) electrons. The van der Waals surface area contributed by atoms with E-state index in [9.17, 15) is 9.59 Å². The third-order valence-electron chi connectivity index (χ3n) is 2.25. The maximum Gasteiger partial charge on any atom is 0.338 e. The largest absolute Gasteiger partial charge is 0.465 e. The molecule has 0 spiro atoms. The molecule has 100 valence electrons. The lowest BCUT2D eigenvalue weighted by atomic mass is 10.1. The maximum absolute atomic E-state index is 11.4. The Balaban J connectivity index is 0.00000289. The highest BCUT2D eigenvalue weighted by Gasteiger charge is 2.09. The van der Waals surface area contributed by atoms with E-state index in [1.807, 2.05) is 0 Å². The highest BCUT2D eigenvalue weighted by atomic mass is 35.5. The summed E-state index contributed by atoms with van der Waals surface area (Å²) in [6, 6.07) is 5.04. The van der Waals surface area contributed by atoms with Crippen LogP contribution >= 0.6 is 12.4 Å². The summed E-state index contributed by atoms with van der Waals surface area (Å²) < 4.78 is 4.64. The minimum absolute atomic E-state index is 0. The number of benzene rings is 1. The number of nitrogens with one attached hydrogen (secondary N) is 2. The lowest BCUT2D eigenvalue weighted by Crippen LogP contribution is -2.25. The summed E-state index contributed by atoms with van der Waals surface area (Å²) in [7, 11) is 3.04. The Kier molecular flexibility index (Phi) is 7.00. The number of amides is 1. The van der Waals surface area contributed by atoms with Crippen LogP contribution in [0.25, 0.3) is 0 Å². The number of aryl methyl sites for hydroxylation is 1. The number of anilines is 1. The summed E-state index contributed by atoms with van der Waals surface area (Å²) in [5.74, 6) is -0.506. The Labute approximate surface area is 112 Å². The van der Waals surface area contributed by atoms with Gasteiger partial charge in [0.25, 0.3) is 0 Å². The molecule has 0 heterocycles. The Bertz CT molecular complexity index is 435. The molecule has 1 aromatic rings. The topological polar surface area (TPSA) is 67.4 Å². The Morgan fingerprint density at radius 1 is 1.33 bits per heavy atom. The number of likely N-dealkylation sites (N-methyl/N-ethyl adjacent to an activating group) is 1. The molecule has 0 saturated heterocycles. The summed E-state index contributed by atoms with van der Waals surface area (Å²) in [6.45, 7) is 2.04. The third-order valence-corrected chi connectivity index (χ3v) is 2.25. The van der Waals surface area contributed by atoms with E-state index in [2.05, 4.69) is 15.4 Å². The molecule has 0 aliphatic carbocycles. The zero-order valence-electron chi connectivity index (χ0n) is 10.6. The van der Waals surface area contributed by atoms with Gasteiger partial charge in [-0.1, -0.05) is 0 Å². The molecular weight excluding hydrogens is 256 g/mol. The molecule has 2 N–H and O–H groups in total. The van der Waals surface area contributed by atoms with E-state index in [1.54, 1.807) is 32.2 Å². The van der Waals surface area contributed by atoms with Crippen LogP contribution in [0.4, 0.5) is 5.69 Å². The summed E-state index contributed by atoms with van der Waals surface area (Å²) >= 11 is 0. The first-order chi connectivity index (χ1) is 8.08. The highest BCUT2D eigenvalue weighted by molar-refractivity contribution is 5.94. The molecule has 0 aliphatic rings. The number of hydrogen-bond acceptors (Lipinski definition) is 4. The van der Waals surface area contributed by atoms with Crippen LogP contribution in [-0.4, -0.2) is 32.6 Å². The van der Waals surface area contributed by atoms with Crippen LogP contribution in [0.15, 0.2) is 18.2 Å². The van der Waals surface area contributed by atoms with E-state index in [0.717, 1.165) is 5.56 Å². The van der Waals surface area contributed by atoms with Crippen molar-refractivity contribution in [3.8, 4) is 0 Å². The fraction of sp³-hybridized carbons (Fsp3) is 0.333. The van der Waals surface area contributed by atoms with Crippen molar-refractivity contribution in [3.63, 3.8) is 0 Å². The molecule has 0 unspecified atom stereocenters. The van der Waals surface area contributed by atoms with Crippen molar-refractivity contribution in [3.05, 3.63) is 29.3 Å². The minimum atomic E-state index is -0.379. The summed E-state index contributed by atoms with van der Waals surface area (Å²) in [4.78, 5) is 22.7. The Morgan fingerprint density at radius 3 is 2.50 bits per heavy atom. The van der Waals surface area contributed by atoms with Crippen molar-refractivity contribution in [1.29, 1.82) is 0 Å². The Hall–Kier alpha value is -1.59. The smallest absolute Gasteiger partial charge is 0.338 e. The lowest BCUT2D eigenvalue weighted by Gasteiger charge is -2.08. The SMILES string of the molecule is CNCC(=O)Nc1ccc(C(=O)OC)c(C)c1.Cl. The van der Waals surface area contributed by atoms with Crippen molar-refractivity contribution in [2.45, 2.75) is 6.92 Å². The van der Waals surface area contributed by atoms with Crippen LogP contribution in [0.3, 0.4) is 0 Å². The van der Waals surface area contributed by atoms with Crippen LogP contribution in [0.1, 0.15) is 15.9 Å². The lowest BCUT2D eigenvalue weighted by molar-refractivity contribution is -0.115. The number of esters is 1. The van der Waals surface area contributed by atoms with Crippen LogP contribution in [0.5, 0.6) is 0 Å². The molecule has 0 fully saturated rings. The van der Waals surface area contributed by atoms with E-state index < -0.39 is 0 Å². The van der Waals surface area contributed by atoms with E-state index >= 15 is 0 Å². The van der Waals surface area contributed by atoms with Gasteiger partial charge in [0, 0.05) is 5.69 Å². The fourth-order valence-electron chi connectivity index (χ4n) is 1.45. The number of carbonyl (C=O) groups excluding carboxylic acids is 2. The van der Waals surface area contributed by atoms with Crippen LogP contribution in [-0.2, 0) is 9.53 Å². The molecule has 0 atom stereocenters. The number of rotatable bonds is 4. The molecule has 1 aromatic carbocycles. The van der Waals surface area contributed by atoms with Crippen molar-refractivity contribution < 1.29 is 14.3 Å². The fourth-order valence-corrected chi connectivity index (χ4v) is 1.45. The van der Waals surface area contributed by atoms with E-state index in [4.69, 9.17) is 0 Å². The maximum atomic E-state index is 11.4. The molecular formula is C12H17ClN2O3. The number of ether oxygens (including phenoxy) is 1. The predicted octanol–water partition coefficient (Wildman–Crippen LogP) is 1.36. The number of methoxy groups -OCH3 is 1. The third kappa shape index (κ3) is 4.35. The van der Waals surface area contributed by atoms with Gasteiger partial charge in [0.1, 0.15) is 0 Å². The van der Waals surface area contributed by atoms with Gasteiger partial charge in [-0.15, -0.1) is 12.4 Å². The second-order valence-corrected chi connectivity index (χ2v) is 3.60. The first kappa shape index (κ1) is 16.4. The van der Waals surface area contributed by atoms with Gasteiger partial charge in [0.15, 0.2) is 0 Å². The molecule has 18 heavy (non-hydrogen) atoms. The summed E-state index contributed by atoms with van der Waals surface area (Å²) in [6.07, 6.45) is 0. The molecule has 1 rings (SSSR count). The molecule has 1 amide bonds. The van der Waals surface area contributed by atoms with E-state index in [-0.39, 0.29) is 30.8 Å². The number of hydrogen-bond donors (Lipinski definition) is 2. The van der Waals surface area contributed by atoms with E-state index in [1.165, 1.54) is 7.11 Å². The van der Waals surface area contributed by atoms with Crippen molar-refractivity contribution in [2.75, 3.05) is 26.0 Å². The first-order valence-electron chi connectivity index (χ1n) is 5.22. The quantitative estimate of drug-likeness (QED) is 0.812. The zero-order valence-corrected chi connectivity index (χ0v) is 11.4. The average Bonchev–Trinajstić information content (AvgIpc) is 2.28. The van der Waals surface area contributed by atoms with Crippen molar-refractivity contribution in [2.24, 2.45) is 0 Å². The summed E-state index contributed by atoms with van der Waals surface area (Å²) in [5.41, 5.74) is 1.92. The predicted molar refractivity (Wildman–Crippen MR) is 72.3 cm³/mol. The minimum Gasteiger partial charge on any atom is -0.465 e. The van der Waals surface area contributed by atoms with Crippen molar-refractivity contribution in [1.82, 2.24) is 5.32 Å². The summed E-state index contributed by atoms with van der Waals surface area (Å²) in [5, 5.41) is 5.47. The Morgan fingerprint density at radius 2 is 2.00 bits per heavy atom. The van der Waals surface area contributed by atoms with Gasteiger partial charge in [-0.25, -0.2) is 4.79 Å². The molecule has 0 aliphatic heterocycles. The molecule has 0 saturated carbocycles. The van der Waals surface area contributed by atoms with Crippen LogP contribution in [0.2, 0.25) is 0 Å². The van der Waals surface area contributed by atoms with Gasteiger partial charge in [-0.05, 0) is 37.7 Å². The standard InChI is InChI=1S/C12H16N2O3.ClH/c1-8-6-9(14-11(15)7-13-2)4-5-10(8)12(16)17-3;/h4-6,13H,7H2,1-3H3,(H,14,15);1H. The zero-order chi connectivity index (χ0) is 12.8. The van der Waals surface area contributed by atoms with Gasteiger partial charge >= 0.3 is 5.97 Å². The second-order valence-electron chi connectivity index (χ2n) is 3.60. The van der Waals surface area contributed by atoms with Gasteiger partial charge in [-0.3, -0.25) is 4.79 Å². The first-order valence-corrected chi connectivity index (χ1v) is 5.22. The van der Waals surface area contributed by atoms with Crippen LogP contribution < -0.4 is 10.6 Å². The number of halogens is 1. The van der Waals surface area contributed by atoms with Crippen LogP contribution in [0, 0.1) is 6.92 Å².